The van der Waals surface area contributed by atoms with Crippen LogP contribution in [0.2, 0.25) is 0 Å². The lowest BCUT2D eigenvalue weighted by Crippen LogP contribution is -2.07. The van der Waals surface area contributed by atoms with E-state index in [2.05, 4.69) is 10.1 Å². The van der Waals surface area contributed by atoms with Gasteiger partial charge in [-0.1, -0.05) is 6.92 Å². The van der Waals surface area contributed by atoms with Crippen LogP contribution in [-0.2, 0) is 0 Å². The standard InChI is InChI=1S/C6H13N3/c1-4-5-8-9(3)6-7-2/h5-6H,4H2,1-3H3/b7-6?,8-5-. The first kappa shape index (κ1) is 8.14. The van der Waals surface area contributed by atoms with Gasteiger partial charge in [-0.2, -0.15) is 5.10 Å². The summed E-state index contributed by atoms with van der Waals surface area (Å²) in [5.74, 6) is 0. The third-order valence-corrected chi connectivity index (χ3v) is 0.729. The van der Waals surface area contributed by atoms with Crippen LogP contribution in [0.4, 0.5) is 0 Å². The largest absolute Gasteiger partial charge is 0.277 e. The van der Waals surface area contributed by atoms with Crippen molar-refractivity contribution in [3.05, 3.63) is 0 Å². The molecule has 3 heteroatoms. The first-order chi connectivity index (χ1) is 4.31. The maximum Gasteiger partial charge on any atom is 0.105 e. The lowest BCUT2D eigenvalue weighted by Gasteiger charge is -2.01. The molecule has 0 heterocycles. The highest BCUT2D eigenvalue weighted by Crippen LogP contribution is 1.76. The highest BCUT2D eigenvalue weighted by Gasteiger charge is 1.78. The van der Waals surface area contributed by atoms with E-state index >= 15 is 0 Å². The van der Waals surface area contributed by atoms with Gasteiger partial charge < -0.3 is 0 Å². The molecule has 0 aromatic heterocycles. The van der Waals surface area contributed by atoms with Crippen LogP contribution in [0.5, 0.6) is 0 Å². The first-order valence-corrected chi connectivity index (χ1v) is 2.98. The van der Waals surface area contributed by atoms with Crippen LogP contribution < -0.4 is 0 Å². The van der Waals surface area contributed by atoms with Crippen LogP contribution in [0.25, 0.3) is 0 Å². The second-order valence-electron chi connectivity index (χ2n) is 1.65. The van der Waals surface area contributed by atoms with Crippen molar-refractivity contribution in [1.82, 2.24) is 5.01 Å². The SMILES string of the molecule is CC/C=N\N(C)C=NC. The molecule has 0 amide bonds. The molecule has 0 fully saturated rings. The van der Waals surface area contributed by atoms with Gasteiger partial charge in [0.15, 0.2) is 0 Å². The molecule has 0 aromatic carbocycles. The summed E-state index contributed by atoms with van der Waals surface area (Å²) in [5, 5.41) is 5.66. The van der Waals surface area contributed by atoms with Gasteiger partial charge >= 0.3 is 0 Å². The number of hydrogen-bond donors (Lipinski definition) is 0. The molecule has 0 saturated heterocycles. The van der Waals surface area contributed by atoms with E-state index in [1.807, 2.05) is 20.2 Å². The normalized spacial score (nSPS) is 11.4. The predicted octanol–water partition coefficient (Wildman–Crippen LogP) is 0.972. The van der Waals surface area contributed by atoms with Crippen molar-refractivity contribution >= 4 is 12.6 Å². The Morgan fingerprint density at radius 1 is 1.56 bits per heavy atom. The van der Waals surface area contributed by atoms with E-state index in [9.17, 15) is 0 Å². The molecule has 0 N–H and O–H groups in total. The van der Waals surface area contributed by atoms with E-state index in [0.29, 0.717) is 0 Å². The van der Waals surface area contributed by atoms with Crippen molar-refractivity contribution in [3.63, 3.8) is 0 Å². The lowest BCUT2D eigenvalue weighted by atomic mass is 10.6. The summed E-state index contributed by atoms with van der Waals surface area (Å²) in [7, 11) is 3.57. The van der Waals surface area contributed by atoms with Crippen LogP contribution in [0.15, 0.2) is 10.1 Å². The fourth-order valence-corrected chi connectivity index (χ4v) is 0.407. The molecule has 0 radical (unpaired) electrons. The summed E-state index contributed by atoms with van der Waals surface area (Å²) in [5.41, 5.74) is 0. The maximum absolute atomic E-state index is 3.99. The van der Waals surface area contributed by atoms with E-state index in [-0.39, 0.29) is 0 Å². The predicted molar refractivity (Wildman–Crippen MR) is 41.0 cm³/mol. The number of hydrazone groups is 1. The Labute approximate surface area is 56.1 Å². The van der Waals surface area contributed by atoms with Crippen molar-refractivity contribution < 1.29 is 0 Å². The highest BCUT2D eigenvalue weighted by atomic mass is 15.4. The molecule has 0 aliphatic heterocycles. The van der Waals surface area contributed by atoms with Gasteiger partial charge in [0.05, 0.1) is 0 Å². The summed E-state index contributed by atoms with van der Waals surface area (Å²) in [6.45, 7) is 2.04. The summed E-state index contributed by atoms with van der Waals surface area (Å²) >= 11 is 0. The molecule has 3 nitrogen and oxygen atoms in total. The van der Waals surface area contributed by atoms with Gasteiger partial charge in [-0.05, 0) is 6.42 Å². The summed E-state index contributed by atoms with van der Waals surface area (Å²) < 4.78 is 0. The summed E-state index contributed by atoms with van der Waals surface area (Å²) in [6, 6.07) is 0. The molecule has 0 atom stereocenters. The van der Waals surface area contributed by atoms with Crippen LogP contribution in [-0.4, -0.2) is 31.7 Å². The number of rotatable bonds is 3. The fourth-order valence-electron chi connectivity index (χ4n) is 0.407. The van der Waals surface area contributed by atoms with Crippen molar-refractivity contribution in [2.45, 2.75) is 13.3 Å². The quantitative estimate of drug-likeness (QED) is 0.315. The smallest absolute Gasteiger partial charge is 0.105 e. The second kappa shape index (κ2) is 5.28. The zero-order valence-electron chi connectivity index (χ0n) is 6.20. The Hall–Kier alpha value is -0.860. The molecule has 0 aliphatic carbocycles. The molecule has 0 unspecified atom stereocenters. The molecule has 0 aliphatic rings. The van der Waals surface area contributed by atoms with E-state index in [0.717, 1.165) is 6.42 Å². The molecule has 52 valence electrons. The minimum Gasteiger partial charge on any atom is -0.277 e. The van der Waals surface area contributed by atoms with Crippen molar-refractivity contribution in [1.29, 1.82) is 0 Å². The molecule has 0 bridgehead atoms. The van der Waals surface area contributed by atoms with Gasteiger partial charge in [-0.15, -0.1) is 0 Å². The van der Waals surface area contributed by atoms with Crippen LogP contribution in [0.1, 0.15) is 13.3 Å². The minimum atomic E-state index is 0.960. The van der Waals surface area contributed by atoms with Gasteiger partial charge in [0.1, 0.15) is 6.34 Å². The molecule has 0 aromatic rings. The third-order valence-electron chi connectivity index (χ3n) is 0.729. The van der Waals surface area contributed by atoms with E-state index < -0.39 is 0 Å². The highest BCUT2D eigenvalue weighted by molar-refractivity contribution is 5.60. The van der Waals surface area contributed by atoms with Gasteiger partial charge in [-0.25, -0.2) is 0 Å². The van der Waals surface area contributed by atoms with Crippen LogP contribution >= 0.6 is 0 Å². The van der Waals surface area contributed by atoms with E-state index in [1.165, 1.54) is 0 Å². The molecular weight excluding hydrogens is 114 g/mol. The average Bonchev–Trinajstić information content (AvgIpc) is 1.85. The van der Waals surface area contributed by atoms with E-state index in [4.69, 9.17) is 0 Å². The fraction of sp³-hybridized carbons (Fsp3) is 0.667. The van der Waals surface area contributed by atoms with Gasteiger partial charge in [0, 0.05) is 20.3 Å². The lowest BCUT2D eigenvalue weighted by molar-refractivity contribution is 0.562. The van der Waals surface area contributed by atoms with Gasteiger partial charge in [0.2, 0.25) is 0 Å². The van der Waals surface area contributed by atoms with Crippen molar-refractivity contribution in [2.24, 2.45) is 10.1 Å². The van der Waals surface area contributed by atoms with Gasteiger partial charge in [0.25, 0.3) is 0 Å². The maximum atomic E-state index is 3.99. The number of aliphatic imine (C=N–C) groups is 1. The van der Waals surface area contributed by atoms with E-state index in [1.54, 1.807) is 18.4 Å². The third kappa shape index (κ3) is 5.00. The molecular formula is C6H13N3. The molecule has 9 heavy (non-hydrogen) atoms. The van der Waals surface area contributed by atoms with Crippen LogP contribution in [0.3, 0.4) is 0 Å². The topological polar surface area (TPSA) is 28.0 Å². The zero-order chi connectivity index (χ0) is 7.11. The first-order valence-electron chi connectivity index (χ1n) is 2.98. The monoisotopic (exact) mass is 127 g/mol. The number of hydrogen-bond acceptors (Lipinski definition) is 2. The van der Waals surface area contributed by atoms with Crippen molar-refractivity contribution in [3.8, 4) is 0 Å². The van der Waals surface area contributed by atoms with Crippen LogP contribution in [0, 0.1) is 0 Å². The second-order valence-corrected chi connectivity index (χ2v) is 1.65. The Morgan fingerprint density at radius 3 is 2.67 bits per heavy atom. The summed E-state index contributed by atoms with van der Waals surface area (Å²) in [4.78, 5) is 3.78. The average molecular weight is 127 g/mol. The Morgan fingerprint density at radius 2 is 2.22 bits per heavy atom. The molecule has 0 rings (SSSR count). The van der Waals surface area contributed by atoms with Gasteiger partial charge in [-0.3, -0.25) is 10.0 Å². The Bertz CT molecular complexity index is 107. The molecule has 0 saturated carbocycles. The minimum absolute atomic E-state index is 0.960. The summed E-state index contributed by atoms with van der Waals surface area (Å²) in [6.07, 6.45) is 4.45. The van der Waals surface area contributed by atoms with Crippen molar-refractivity contribution in [2.75, 3.05) is 14.1 Å². The molecule has 0 spiro atoms. The Kier molecular flexibility index (Phi) is 4.78. The number of nitrogens with zero attached hydrogens (tertiary/aromatic N) is 3. The Balaban J connectivity index is 3.48. The zero-order valence-corrected chi connectivity index (χ0v) is 6.20.